The fraction of sp³-hybridized carbons (Fsp3) is 0.880. The summed E-state index contributed by atoms with van der Waals surface area (Å²) < 4.78 is 24.8. The van der Waals surface area contributed by atoms with Gasteiger partial charge in [-0.1, -0.05) is 74.0 Å². The molecular formula is C92H144N2O8. The van der Waals surface area contributed by atoms with Crippen LogP contribution in [0.1, 0.15) is 315 Å². The maximum absolute atomic E-state index is 12.9. The van der Waals surface area contributed by atoms with Crippen LogP contribution >= 0.6 is 0 Å². The van der Waals surface area contributed by atoms with E-state index in [0.717, 1.165) is 116 Å². The van der Waals surface area contributed by atoms with Crippen LogP contribution in [0.15, 0.2) is 30.0 Å². The first kappa shape index (κ1) is 76.0. The third-order valence-electron chi connectivity index (χ3n) is 35.7. The summed E-state index contributed by atoms with van der Waals surface area (Å²) in [6, 6.07) is 0. The zero-order valence-corrected chi connectivity index (χ0v) is 67.5. The third-order valence-corrected chi connectivity index (χ3v) is 35.7. The van der Waals surface area contributed by atoms with Gasteiger partial charge in [0.05, 0.1) is 48.9 Å². The zero-order valence-electron chi connectivity index (χ0n) is 67.5. The largest absolute Gasteiger partial charge is 0.375 e. The van der Waals surface area contributed by atoms with E-state index in [0.29, 0.717) is 111 Å². The van der Waals surface area contributed by atoms with E-state index in [4.69, 9.17) is 18.9 Å². The fourth-order valence-corrected chi connectivity index (χ4v) is 30.5. The van der Waals surface area contributed by atoms with Gasteiger partial charge in [0.15, 0.2) is 17.3 Å². The van der Waals surface area contributed by atoms with Crippen LogP contribution in [0.4, 0.5) is 0 Å². The van der Waals surface area contributed by atoms with E-state index < -0.39 is 0 Å². The molecule has 17 rings (SSSR count). The molecule has 28 atom stereocenters. The number of hydrogen-bond donors (Lipinski definition) is 1. The minimum Gasteiger partial charge on any atom is -0.375 e. The number of ether oxygens (including phenoxy) is 4. The molecule has 13 saturated carbocycles. The number of fused-ring (bicyclic) bond motifs is 21. The van der Waals surface area contributed by atoms with Crippen LogP contribution in [-0.2, 0) is 51.0 Å². The summed E-state index contributed by atoms with van der Waals surface area (Å²) in [5.41, 5.74) is 7.09. The number of carbonyl (C=O) groups excluding carboxylic acids is 4. The molecule has 1 aromatic rings. The molecule has 570 valence electrons. The van der Waals surface area contributed by atoms with E-state index in [1.165, 1.54) is 165 Å². The Labute approximate surface area is 619 Å². The van der Waals surface area contributed by atoms with Crippen molar-refractivity contribution in [3.05, 3.63) is 41.3 Å². The van der Waals surface area contributed by atoms with Crippen molar-refractivity contribution in [2.45, 2.75) is 359 Å². The Hall–Kier alpha value is -2.79. The standard InChI is InChI=1S/C24H36O3.C23H36N2O.C23H38O2.C22H34O2/c1-15(2)27-14-22(26)21-8-7-19-18-6-5-16-13-17(25)9-11-23(16,3)20(18)10-12-24(19,21)4;1-14(2)26-21-8-7-18-17-6-5-16-11-20-15(13-24-25-20)12-23(16,4)19(17)9-10-22(18,21)3;1-14(2)25-21-9-8-18-17-7-6-16-12-20(24)15(3)13-23(16,5)19(17)10-11-22(18,21)4;1-14(2)24-20-8-7-18-17-6-5-15-13-16(23)9-11-21(15,3)19(17)10-12-22(18,20)4/h13,15,18-21H,5-12,14H2,1-4H3;13-14,16-19,21H,5-12H2,1-4H3,(H,24,25);14-19,21H,6-13H2,1-5H3;9,11,14-15,17-20H,5-8,10,12-13H2,1-4H3/t18-,19-,20?,21+,23-,24-;16-,17-,18-,19-,21-,22-,23-;15-,16+,17+,18+,19+,21+,22+,23+;15-,17-,18-,19-,20-,21-,22-/m0010/s1. The molecule has 10 nitrogen and oxygen atoms in total. The molecular weight excluding hydrogens is 1260 g/mol. The van der Waals surface area contributed by atoms with Gasteiger partial charge in [-0.2, -0.15) is 5.10 Å². The number of hydrogen-bond acceptors (Lipinski definition) is 9. The molecule has 1 heterocycles. The van der Waals surface area contributed by atoms with Gasteiger partial charge in [0, 0.05) is 36.8 Å². The Morgan fingerprint density at radius 2 is 0.961 bits per heavy atom. The minimum atomic E-state index is 0.118. The molecule has 10 heteroatoms. The zero-order chi connectivity index (χ0) is 72.6. The number of aromatic nitrogens is 2. The summed E-state index contributed by atoms with van der Waals surface area (Å²) in [5, 5.41) is 7.64. The number of aromatic amines is 1. The van der Waals surface area contributed by atoms with Crippen LogP contribution in [0.25, 0.3) is 0 Å². The lowest BCUT2D eigenvalue weighted by atomic mass is 9.44. The summed E-state index contributed by atoms with van der Waals surface area (Å²) in [4.78, 5) is 49.1. The average molecular weight is 1410 g/mol. The Balaban J connectivity index is 0.000000115. The van der Waals surface area contributed by atoms with Crippen LogP contribution in [-0.4, -0.2) is 82.7 Å². The molecule has 0 amide bonds. The van der Waals surface area contributed by atoms with Gasteiger partial charge in [-0.05, 0) is 385 Å². The van der Waals surface area contributed by atoms with E-state index in [2.05, 4.69) is 126 Å². The van der Waals surface area contributed by atoms with E-state index in [1.54, 1.807) is 0 Å². The van der Waals surface area contributed by atoms with Crippen molar-refractivity contribution in [1.29, 1.82) is 0 Å². The van der Waals surface area contributed by atoms with Crippen LogP contribution < -0.4 is 0 Å². The van der Waals surface area contributed by atoms with Gasteiger partial charge in [0.25, 0.3) is 0 Å². The van der Waals surface area contributed by atoms with Gasteiger partial charge in [-0.3, -0.25) is 24.3 Å². The van der Waals surface area contributed by atoms with E-state index >= 15 is 0 Å². The van der Waals surface area contributed by atoms with Crippen molar-refractivity contribution >= 4 is 23.1 Å². The Bertz CT molecular complexity index is 3290. The molecule has 1 aromatic heterocycles. The van der Waals surface area contributed by atoms with Gasteiger partial charge < -0.3 is 18.9 Å². The van der Waals surface area contributed by atoms with Gasteiger partial charge in [0.1, 0.15) is 12.4 Å². The van der Waals surface area contributed by atoms with Crippen molar-refractivity contribution in [2.75, 3.05) is 6.61 Å². The molecule has 1 N–H and O–H groups in total. The molecule has 13 fully saturated rings. The molecule has 102 heavy (non-hydrogen) atoms. The molecule has 0 aliphatic heterocycles. The summed E-state index contributed by atoms with van der Waals surface area (Å²) >= 11 is 0. The summed E-state index contributed by atoms with van der Waals surface area (Å²) in [6.07, 6.45) is 48.9. The second-order valence-electron chi connectivity index (χ2n) is 41.7. The number of Topliss-reactive ketones (excluding diaryl/α,β-unsaturated/α-hetero) is 2. The smallest absolute Gasteiger partial charge is 0.162 e. The quantitative estimate of drug-likeness (QED) is 0.243. The Kier molecular flexibility index (Phi) is 21.3. The number of rotatable bonds is 10. The number of nitrogens with zero attached hydrogens (tertiary/aromatic N) is 1. The molecule has 1 unspecified atom stereocenters. The molecule has 0 aromatic carbocycles. The molecule has 0 spiro atoms. The highest BCUT2D eigenvalue weighted by molar-refractivity contribution is 5.92. The van der Waals surface area contributed by atoms with Crippen LogP contribution in [0, 0.1) is 144 Å². The summed E-state index contributed by atoms with van der Waals surface area (Å²) in [5.74, 6) is 13.9. The summed E-state index contributed by atoms with van der Waals surface area (Å²) in [7, 11) is 0. The van der Waals surface area contributed by atoms with Gasteiger partial charge in [0.2, 0.25) is 0 Å². The number of carbonyl (C=O) groups is 4. The normalized spacial score (nSPS) is 48.4. The SMILES string of the molecule is CC(C)OCC(=O)[C@H]1CC[C@H]2[C@@H]3CCC4=CC(=O)CC[C@]4(C)C3CC[C@]12C.CC(C)O[C@H]1CC[C@H]2[C@@H]3CC[C@H]4CC(=O)C=C[C@]4(C)[C@H]3CC[C@]12C.CC(C)O[C@H]1CC[C@H]2[C@@H]3CC[C@H]4CC(=O)[C@H](C)C[C@]4(C)[C@H]3CC[C@]12C.CC(C)O[C@H]1CC[C@H]2[C@@H]3CC[C@H]4Cc5[nH]ncc5C[C@]4(C)[C@H]3CC[C@]12C. The molecule has 16 aliphatic rings. The van der Waals surface area contributed by atoms with Crippen molar-refractivity contribution in [3.63, 3.8) is 0 Å². The van der Waals surface area contributed by atoms with E-state index in [9.17, 15) is 19.2 Å². The monoisotopic (exact) mass is 1410 g/mol. The van der Waals surface area contributed by atoms with Crippen LogP contribution in [0.2, 0.25) is 0 Å². The first-order valence-electron chi connectivity index (χ1n) is 43.4. The van der Waals surface area contributed by atoms with Gasteiger partial charge in [-0.15, -0.1) is 0 Å². The topological polar surface area (TPSA) is 134 Å². The van der Waals surface area contributed by atoms with Crippen molar-refractivity contribution < 1.29 is 38.1 Å². The maximum atomic E-state index is 12.9. The van der Waals surface area contributed by atoms with Crippen molar-refractivity contribution in [2.24, 2.45) is 144 Å². The first-order valence-corrected chi connectivity index (χ1v) is 43.4. The highest BCUT2D eigenvalue weighted by Gasteiger charge is 2.66. The average Bonchev–Trinajstić information content (AvgIpc) is 1.39. The van der Waals surface area contributed by atoms with Gasteiger partial charge >= 0.3 is 0 Å². The number of nitrogens with one attached hydrogen (secondary N) is 1. The lowest BCUT2D eigenvalue weighted by Crippen LogP contribution is -2.55. The van der Waals surface area contributed by atoms with Crippen molar-refractivity contribution in [3.8, 4) is 0 Å². The fourth-order valence-electron chi connectivity index (χ4n) is 30.5. The first-order chi connectivity index (χ1) is 48.3. The van der Waals surface area contributed by atoms with Crippen LogP contribution in [0.3, 0.4) is 0 Å². The minimum absolute atomic E-state index is 0.118. The van der Waals surface area contributed by atoms with E-state index in [-0.39, 0.29) is 40.8 Å². The van der Waals surface area contributed by atoms with Gasteiger partial charge in [-0.25, -0.2) is 0 Å². The summed E-state index contributed by atoms with van der Waals surface area (Å²) in [6.45, 7) is 39.7. The predicted octanol–water partition coefficient (Wildman–Crippen LogP) is 21.1. The molecule has 0 radical (unpaired) electrons. The Morgan fingerprint density at radius 1 is 0.480 bits per heavy atom. The molecule has 0 saturated heterocycles. The number of ketones is 4. The number of H-pyrrole nitrogens is 1. The maximum Gasteiger partial charge on any atom is 0.162 e. The second kappa shape index (κ2) is 28.6. The molecule has 16 aliphatic carbocycles. The highest BCUT2D eigenvalue weighted by atomic mass is 16.5. The van der Waals surface area contributed by atoms with Crippen LogP contribution in [0.5, 0.6) is 0 Å². The third kappa shape index (κ3) is 13.1. The highest BCUT2D eigenvalue weighted by Crippen LogP contribution is 2.71. The molecule has 0 bridgehead atoms. The number of allylic oxidation sites excluding steroid dienone is 3. The second-order valence-corrected chi connectivity index (χ2v) is 41.7. The lowest BCUT2D eigenvalue weighted by Gasteiger charge is -2.60. The lowest BCUT2D eigenvalue weighted by molar-refractivity contribution is -0.154. The van der Waals surface area contributed by atoms with Crippen molar-refractivity contribution in [1.82, 2.24) is 10.2 Å². The van der Waals surface area contributed by atoms with E-state index in [1.807, 2.05) is 26.0 Å². The predicted molar refractivity (Wildman–Crippen MR) is 408 cm³/mol. The Morgan fingerprint density at radius 3 is 1.53 bits per heavy atom.